The summed E-state index contributed by atoms with van der Waals surface area (Å²) in [6.07, 6.45) is 1.82. The Labute approximate surface area is 126 Å². The number of aryl methyl sites for hydroxylation is 3. The van der Waals surface area contributed by atoms with Gasteiger partial charge in [-0.2, -0.15) is 5.10 Å². The molecule has 3 rings (SSSR count). The molecule has 1 aliphatic heterocycles. The lowest BCUT2D eigenvalue weighted by atomic mass is 9.97. The molecular weight excluding hydrogens is 292 g/mol. The van der Waals surface area contributed by atoms with Gasteiger partial charge >= 0.3 is 0 Å². The molecule has 1 atom stereocenters. The zero-order valence-electron chi connectivity index (χ0n) is 12.4. The topological polar surface area (TPSA) is 64.7 Å². The van der Waals surface area contributed by atoms with E-state index in [1.165, 1.54) is 10.9 Å². The molecule has 0 aliphatic carbocycles. The van der Waals surface area contributed by atoms with Crippen LogP contribution in [-0.2, 0) is 24.8 Å². The summed E-state index contributed by atoms with van der Waals surface area (Å²) in [5, 5.41) is 6.26. The Kier molecular flexibility index (Phi) is 3.67. The number of nitrogens with one attached hydrogen (secondary N) is 1. The summed E-state index contributed by atoms with van der Waals surface area (Å²) in [6, 6.07) is 0. The van der Waals surface area contributed by atoms with Gasteiger partial charge in [0.15, 0.2) is 5.69 Å². The first kappa shape index (κ1) is 14.7. The predicted molar refractivity (Wildman–Crippen MR) is 75.6 cm³/mol. The fourth-order valence-electron chi connectivity index (χ4n) is 2.79. The number of carbonyl (C=O) groups excluding carboxylic acids is 1. The Balaban J connectivity index is 1.73. The largest absolute Gasteiger partial charge is 0.335 e. The molecule has 0 radical (unpaired) electrons. The smallest absolute Gasteiger partial charge is 0.284 e. The number of hydrogen-bond acceptors (Lipinski definition) is 3. The van der Waals surface area contributed by atoms with Crippen molar-refractivity contribution in [3.05, 3.63) is 29.6 Å². The first-order valence-electron chi connectivity index (χ1n) is 7.09. The minimum Gasteiger partial charge on any atom is -0.335 e. The standard InChI is InChI=1S/C14H17F2N5O/c1-8-6-21-4-3-9(5-11(21)17-8)14(22)18-10-7-20(2)19-12(10)13(15)16/h6-7,9,13H,3-5H2,1-2H3,(H,18,22). The van der Waals surface area contributed by atoms with Crippen molar-refractivity contribution in [2.24, 2.45) is 13.0 Å². The number of hydrogen-bond donors (Lipinski definition) is 1. The van der Waals surface area contributed by atoms with Gasteiger partial charge in [-0.05, 0) is 13.3 Å². The van der Waals surface area contributed by atoms with E-state index < -0.39 is 12.1 Å². The molecule has 2 aromatic rings. The molecule has 3 heterocycles. The predicted octanol–water partition coefficient (Wildman–Crippen LogP) is 2.06. The van der Waals surface area contributed by atoms with E-state index >= 15 is 0 Å². The van der Waals surface area contributed by atoms with Crippen LogP contribution in [0, 0.1) is 12.8 Å². The molecule has 0 saturated heterocycles. The van der Waals surface area contributed by atoms with Crippen molar-refractivity contribution >= 4 is 11.6 Å². The number of alkyl halides is 2. The van der Waals surface area contributed by atoms with Crippen molar-refractivity contribution in [2.45, 2.75) is 32.7 Å². The van der Waals surface area contributed by atoms with Gasteiger partial charge in [0.05, 0.1) is 11.4 Å². The van der Waals surface area contributed by atoms with E-state index in [0.29, 0.717) is 19.4 Å². The molecule has 0 spiro atoms. The van der Waals surface area contributed by atoms with Crippen LogP contribution in [0.3, 0.4) is 0 Å². The lowest BCUT2D eigenvalue weighted by Crippen LogP contribution is -2.30. The van der Waals surface area contributed by atoms with Crippen LogP contribution < -0.4 is 5.32 Å². The van der Waals surface area contributed by atoms with Crippen molar-refractivity contribution in [1.82, 2.24) is 19.3 Å². The van der Waals surface area contributed by atoms with Crippen LogP contribution in [0.15, 0.2) is 12.4 Å². The van der Waals surface area contributed by atoms with Crippen molar-refractivity contribution in [1.29, 1.82) is 0 Å². The minimum atomic E-state index is -2.72. The molecule has 0 fully saturated rings. The number of amides is 1. The Morgan fingerprint density at radius 2 is 2.23 bits per heavy atom. The van der Waals surface area contributed by atoms with Crippen molar-refractivity contribution < 1.29 is 13.6 Å². The molecule has 118 valence electrons. The molecule has 0 aromatic carbocycles. The maximum atomic E-state index is 12.9. The van der Waals surface area contributed by atoms with E-state index in [9.17, 15) is 13.6 Å². The average molecular weight is 309 g/mol. The summed E-state index contributed by atoms with van der Waals surface area (Å²) in [4.78, 5) is 16.7. The highest BCUT2D eigenvalue weighted by molar-refractivity contribution is 5.93. The van der Waals surface area contributed by atoms with Gasteiger partial charge in [-0.25, -0.2) is 13.8 Å². The number of rotatable bonds is 3. The molecule has 8 heteroatoms. The monoisotopic (exact) mass is 309 g/mol. The lowest BCUT2D eigenvalue weighted by Gasteiger charge is -2.22. The third-order valence-corrected chi connectivity index (χ3v) is 3.82. The van der Waals surface area contributed by atoms with E-state index in [4.69, 9.17) is 0 Å². The van der Waals surface area contributed by atoms with Gasteiger partial charge in [0.2, 0.25) is 5.91 Å². The number of aromatic nitrogens is 4. The second kappa shape index (κ2) is 5.51. The van der Waals surface area contributed by atoms with E-state index in [2.05, 4.69) is 15.4 Å². The van der Waals surface area contributed by atoms with Gasteiger partial charge < -0.3 is 9.88 Å². The summed E-state index contributed by atoms with van der Waals surface area (Å²) in [5.74, 6) is 0.339. The third-order valence-electron chi connectivity index (χ3n) is 3.82. The summed E-state index contributed by atoms with van der Waals surface area (Å²) >= 11 is 0. The first-order chi connectivity index (χ1) is 10.4. The molecule has 1 amide bonds. The average Bonchev–Trinajstić information content (AvgIpc) is 2.99. The number of nitrogens with zero attached hydrogens (tertiary/aromatic N) is 4. The second-order valence-electron chi connectivity index (χ2n) is 5.57. The highest BCUT2D eigenvalue weighted by atomic mass is 19.3. The molecule has 1 unspecified atom stereocenters. The summed E-state index contributed by atoms with van der Waals surface area (Å²) < 4.78 is 29.1. The van der Waals surface area contributed by atoms with Gasteiger partial charge in [-0.3, -0.25) is 9.48 Å². The Morgan fingerprint density at radius 1 is 1.45 bits per heavy atom. The van der Waals surface area contributed by atoms with Gasteiger partial charge in [0.25, 0.3) is 6.43 Å². The molecule has 6 nitrogen and oxygen atoms in total. The lowest BCUT2D eigenvalue weighted by molar-refractivity contribution is -0.120. The van der Waals surface area contributed by atoms with Crippen molar-refractivity contribution in [2.75, 3.05) is 5.32 Å². The SMILES string of the molecule is Cc1cn2c(n1)CC(C(=O)Nc1cn(C)nc1C(F)F)CC2. The highest BCUT2D eigenvalue weighted by Crippen LogP contribution is 2.27. The van der Waals surface area contributed by atoms with Crippen molar-refractivity contribution in [3.63, 3.8) is 0 Å². The number of halogens is 2. The Morgan fingerprint density at radius 3 is 2.95 bits per heavy atom. The second-order valence-corrected chi connectivity index (χ2v) is 5.57. The summed E-state index contributed by atoms with van der Waals surface area (Å²) in [5.41, 5.74) is 0.597. The molecule has 0 saturated carbocycles. The molecule has 1 aliphatic rings. The third kappa shape index (κ3) is 2.72. The van der Waals surface area contributed by atoms with Crippen LogP contribution in [-0.4, -0.2) is 25.2 Å². The fourth-order valence-corrected chi connectivity index (χ4v) is 2.79. The minimum absolute atomic E-state index is 0.0765. The van der Waals surface area contributed by atoms with Gasteiger partial charge in [0.1, 0.15) is 5.82 Å². The number of anilines is 1. The normalized spacial score (nSPS) is 17.6. The van der Waals surface area contributed by atoms with Crippen LogP contribution >= 0.6 is 0 Å². The zero-order chi connectivity index (χ0) is 15.9. The fraction of sp³-hybridized carbons (Fsp3) is 0.500. The van der Waals surface area contributed by atoms with Gasteiger partial charge in [-0.1, -0.05) is 0 Å². The highest BCUT2D eigenvalue weighted by Gasteiger charge is 2.28. The quantitative estimate of drug-likeness (QED) is 0.944. The van der Waals surface area contributed by atoms with E-state index in [0.717, 1.165) is 11.5 Å². The maximum Gasteiger partial charge on any atom is 0.284 e. The van der Waals surface area contributed by atoms with Crippen LogP contribution in [0.25, 0.3) is 0 Å². The summed E-state index contributed by atoms with van der Waals surface area (Å²) in [7, 11) is 1.54. The van der Waals surface area contributed by atoms with Crippen LogP contribution in [0.1, 0.15) is 30.1 Å². The van der Waals surface area contributed by atoms with Crippen LogP contribution in [0.4, 0.5) is 14.5 Å². The van der Waals surface area contributed by atoms with E-state index in [1.54, 1.807) is 7.05 Å². The van der Waals surface area contributed by atoms with E-state index in [1.807, 2.05) is 17.7 Å². The first-order valence-corrected chi connectivity index (χ1v) is 7.09. The van der Waals surface area contributed by atoms with E-state index in [-0.39, 0.29) is 17.5 Å². The molecule has 22 heavy (non-hydrogen) atoms. The molecular formula is C14H17F2N5O. The number of carbonyl (C=O) groups is 1. The van der Waals surface area contributed by atoms with Crippen LogP contribution in [0.5, 0.6) is 0 Å². The molecule has 2 aromatic heterocycles. The Bertz CT molecular complexity index is 706. The maximum absolute atomic E-state index is 12.9. The number of fused-ring (bicyclic) bond motifs is 1. The van der Waals surface area contributed by atoms with Gasteiger partial charge in [-0.15, -0.1) is 0 Å². The van der Waals surface area contributed by atoms with Crippen LogP contribution in [0.2, 0.25) is 0 Å². The van der Waals surface area contributed by atoms with Crippen molar-refractivity contribution in [3.8, 4) is 0 Å². The zero-order valence-corrected chi connectivity index (χ0v) is 12.4. The number of imidazole rings is 1. The van der Waals surface area contributed by atoms with Gasteiger partial charge in [0, 0.05) is 38.3 Å². The molecule has 0 bridgehead atoms. The Hall–Kier alpha value is -2.25. The molecule has 1 N–H and O–H groups in total. The summed E-state index contributed by atoms with van der Waals surface area (Å²) in [6.45, 7) is 2.62.